The molecule has 2 aliphatic carbocycles. The van der Waals surface area contributed by atoms with E-state index in [2.05, 4.69) is 20.3 Å². The molecule has 2 heterocycles. The molecule has 0 bridgehead atoms. The van der Waals surface area contributed by atoms with Crippen molar-refractivity contribution in [1.29, 1.82) is 0 Å². The summed E-state index contributed by atoms with van der Waals surface area (Å²) in [6, 6.07) is 1.57. The summed E-state index contributed by atoms with van der Waals surface area (Å²) in [7, 11) is 1.83. The van der Waals surface area contributed by atoms with Crippen molar-refractivity contribution in [1.82, 2.24) is 24.8 Å². The fourth-order valence-corrected chi connectivity index (χ4v) is 4.05. The second-order valence-electron chi connectivity index (χ2n) is 7.40. The highest BCUT2D eigenvalue weighted by Gasteiger charge is 2.61. The average molecular weight is 349 g/mol. The Labute approximate surface area is 145 Å². The summed E-state index contributed by atoms with van der Waals surface area (Å²) in [5.41, 5.74) is 1.42. The number of nitrogens with one attached hydrogen (secondary N) is 1. The second-order valence-corrected chi connectivity index (χ2v) is 7.40. The van der Waals surface area contributed by atoms with Crippen LogP contribution in [0.2, 0.25) is 0 Å². The van der Waals surface area contributed by atoms with Crippen LogP contribution < -0.4 is 5.32 Å². The Hall–Kier alpha value is -2.38. The summed E-state index contributed by atoms with van der Waals surface area (Å²) in [5, 5.41) is 2.90. The van der Waals surface area contributed by atoms with Crippen molar-refractivity contribution < 1.29 is 15.0 Å². The number of carbonyl (C=O) groups excluding carboxylic acids is 1. The molecule has 0 saturated heterocycles. The van der Waals surface area contributed by atoms with E-state index in [1.54, 1.807) is 30.1 Å². The van der Waals surface area contributed by atoms with Crippen LogP contribution in [0, 0.1) is 12.3 Å². The van der Waals surface area contributed by atoms with Gasteiger partial charge in [-0.05, 0) is 31.2 Å². The Morgan fingerprint density at radius 1 is 1.36 bits per heavy atom. The summed E-state index contributed by atoms with van der Waals surface area (Å²) in [4.78, 5) is 25.2. The minimum atomic E-state index is -2.52. The molecular weight excluding hydrogens is 328 g/mol. The van der Waals surface area contributed by atoms with E-state index in [-0.39, 0.29) is 37.3 Å². The molecule has 25 heavy (non-hydrogen) atoms. The molecule has 0 unspecified atom stereocenters. The van der Waals surface area contributed by atoms with E-state index in [0.717, 1.165) is 5.69 Å². The Morgan fingerprint density at radius 2 is 2.08 bits per heavy atom. The fourth-order valence-electron chi connectivity index (χ4n) is 4.05. The third-order valence-electron chi connectivity index (χ3n) is 5.09. The first-order chi connectivity index (χ1) is 11.8. The largest absolute Gasteiger partial charge is 0.348 e. The summed E-state index contributed by atoms with van der Waals surface area (Å²) in [6.45, 7) is 1.80. The lowest BCUT2D eigenvalue weighted by atomic mass is 9.52. The zero-order valence-electron chi connectivity index (χ0n) is 14.1. The topological polar surface area (TPSA) is 72.7 Å². The summed E-state index contributed by atoms with van der Waals surface area (Å²) >= 11 is 0. The molecule has 0 aromatic carbocycles. The highest BCUT2D eigenvalue weighted by atomic mass is 19.3. The fraction of sp³-hybridized carbons (Fsp3) is 0.529. The molecule has 4 rings (SSSR count). The zero-order chi connectivity index (χ0) is 17.8. The van der Waals surface area contributed by atoms with Crippen LogP contribution in [0.25, 0.3) is 11.5 Å². The molecule has 0 radical (unpaired) electrons. The van der Waals surface area contributed by atoms with Crippen molar-refractivity contribution in [2.24, 2.45) is 12.5 Å². The number of amides is 1. The van der Waals surface area contributed by atoms with Crippen molar-refractivity contribution >= 4 is 5.91 Å². The number of nitrogens with zero attached hydrogens (tertiary/aromatic N) is 4. The summed E-state index contributed by atoms with van der Waals surface area (Å²) in [5.74, 6) is -2.37. The van der Waals surface area contributed by atoms with Crippen LogP contribution >= 0.6 is 0 Å². The molecule has 0 aliphatic heterocycles. The van der Waals surface area contributed by atoms with Crippen molar-refractivity contribution in [3.05, 3.63) is 30.0 Å². The maximum Gasteiger partial charge on any atom is 0.270 e. The standard InChI is InChI=1S/C17H19F2N5O.H2/c1-10-3-12(23-14(21-10)13-6-20-9-24(13)2)15(25)22-11-4-16(5-11)7-17(18,19)8-16;/h3,6,9,11H,4-5,7-8H2,1-2H3,(H,22,25);1H. The van der Waals surface area contributed by atoms with Crippen molar-refractivity contribution in [3.8, 4) is 11.5 Å². The van der Waals surface area contributed by atoms with Gasteiger partial charge in [0.05, 0.1) is 12.5 Å². The summed E-state index contributed by atoms with van der Waals surface area (Å²) in [6.07, 6.45) is 4.42. The Bertz CT molecular complexity index is 837. The van der Waals surface area contributed by atoms with Gasteiger partial charge in [0, 0.05) is 33.1 Å². The maximum atomic E-state index is 13.1. The van der Waals surface area contributed by atoms with E-state index < -0.39 is 5.92 Å². The minimum absolute atomic E-state index is 0. The number of imidazole rings is 1. The van der Waals surface area contributed by atoms with E-state index in [1.165, 1.54) is 0 Å². The normalized spacial score (nSPS) is 20.8. The maximum absolute atomic E-state index is 13.1. The number of rotatable bonds is 3. The molecule has 2 aromatic heterocycles. The third-order valence-corrected chi connectivity index (χ3v) is 5.09. The quantitative estimate of drug-likeness (QED) is 0.925. The lowest BCUT2D eigenvalue weighted by molar-refractivity contribution is -0.197. The van der Waals surface area contributed by atoms with Gasteiger partial charge in [-0.1, -0.05) is 0 Å². The van der Waals surface area contributed by atoms with Crippen LogP contribution in [0.5, 0.6) is 0 Å². The first-order valence-corrected chi connectivity index (χ1v) is 8.26. The van der Waals surface area contributed by atoms with Gasteiger partial charge in [0.15, 0.2) is 5.82 Å². The van der Waals surface area contributed by atoms with E-state index in [4.69, 9.17) is 0 Å². The van der Waals surface area contributed by atoms with Crippen LogP contribution in [0.4, 0.5) is 8.78 Å². The van der Waals surface area contributed by atoms with Crippen molar-refractivity contribution in [3.63, 3.8) is 0 Å². The molecule has 1 spiro atoms. The van der Waals surface area contributed by atoms with Gasteiger partial charge in [-0.25, -0.2) is 23.7 Å². The van der Waals surface area contributed by atoms with E-state index in [9.17, 15) is 13.6 Å². The number of aromatic nitrogens is 4. The molecule has 6 nitrogen and oxygen atoms in total. The molecule has 1 amide bonds. The molecule has 2 saturated carbocycles. The highest BCUT2D eigenvalue weighted by molar-refractivity contribution is 5.93. The molecule has 1 N–H and O–H groups in total. The summed E-state index contributed by atoms with van der Waals surface area (Å²) < 4.78 is 27.9. The Balaban J connectivity index is 0.00000196. The van der Waals surface area contributed by atoms with Crippen LogP contribution in [0.1, 0.15) is 43.3 Å². The smallest absolute Gasteiger partial charge is 0.270 e. The predicted octanol–water partition coefficient (Wildman–Crippen LogP) is 2.74. The number of halogens is 2. The molecule has 2 aliphatic rings. The SMILES string of the molecule is Cc1cc(C(=O)NC2CC3(C2)CC(F)(F)C3)nc(-c2cncn2C)n1.[HH]. The van der Waals surface area contributed by atoms with Crippen LogP contribution in [0.3, 0.4) is 0 Å². The number of aryl methyl sites for hydroxylation is 2. The highest BCUT2D eigenvalue weighted by Crippen LogP contribution is 2.62. The van der Waals surface area contributed by atoms with Gasteiger partial charge >= 0.3 is 0 Å². The number of hydrogen-bond acceptors (Lipinski definition) is 4. The second kappa shape index (κ2) is 5.31. The molecule has 134 valence electrons. The molecule has 0 atom stereocenters. The van der Waals surface area contributed by atoms with E-state index >= 15 is 0 Å². The van der Waals surface area contributed by atoms with Crippen molar-refractivity contribution in [2.45, 2.75) is 44.6 Å². The third kappa shape index (κ3) is 2.89. The Morgan fingerprint density at radius 3 is 2.68 bits per heavy atom. The zero-order valence-corrected chi connectivity index (χ0v) is 14.1. The molecule has 2 fully saturated rings. The van der Waals surface area contributed by atoms with E-state index in [0.29, 0.717) is 24.4 Å². The van der Waals surface area contributed by atoms with Gasteiger partial charge in [0.1, 0.15) is 11.4 Å². The minimum Gasteiger partial charge on any atom is -0.348 e. The molecule has 8 heteroatoms. The average Bonchev–Trinajstić information content (AvgIpc) is 2.89. The van der Waals surface area contributed by atoms with Gasteiger partial charge in [-0.15, -0.1) is 0 Å². The van der Waals surface area contributed by atoms with Gasteiger partial charge in [-0.3, -0.25) is 4.79 Å². The van der Waals surface area contributed by atoms with Gasteiger partial charge < -0.3 is 9.88 Å². The Kier molecular flexibility index (Phi) is 3.42. The predicted molar refractivity (Wildman–Crippen MR) is 88.2 cm³/mol. The van der Waals surface area contributed by atoms with Gasteiger partial charge in [-0.2, -0.15) is 0 Å². The van der Waals surface area contributed by atoms with Gasteiger partial charge in [0.2, 0.25) is 5.92 Å². The first kappa shape index (κ1) is 16.1. The number of hydrogen-bond donors (Lipinski definition) is 1. The van der Waals surface area contributed by atoms with Crippen molar-refractivity contribution in [2.75, 3.05) is 0 Å². The van der Waals surface area contributed by atoms with E-state index in [1.807, 2.05) is 7.05 Å². The monoisotopic (exact) mass is 349 g/mol. The molecule has 2 aromatic rings. The number of alkyl halides is 2. The molecular formula is C17H21F2N5O. The number of carbonyl (C=O) groups is 1. The lowest BCUT2D eigenvalue weighted by Gasteiger charge is -2.57. The lowest BCUT2D eigenvalue weighted by Crippen LogP contribution is -2.59. The first-order valence-electron chi connectivity index (χ1n) is 8.26. The van der Waals surface area contributed by atoms with Crippen LogP contribution in [-0.4, -0.2) is 37.4 Å². The van der Waals surface area contributed by atoms with Crippen LogP contribution in [-0.2, 0) is 7.05 Å². The van der Waals surface area contributed by atoms with Crippen LogP contribution in [0.15, 0.2) is 18.6 Å². The van der Waals surface area contributed by atoms with Gasteiger partial charge in [0.25, 0.3) is 5.91 Å².